The molecule has 2 aromatic carbocycles. The largest absolute Gasteiger partial charge is 0.352 e. The molecule has 0 saturated carbocycles. The van der Waals surface area contributed by atoms with Gasteiger partial charge in [0.25, 0.3) is 5.91 Å². The lowest BCUT2D eigenvalue weighted by Gasteiger charge is -2.09. The van der Waals surface area contributed by atoms with Crippen molar-refractivity contribution in [2.75, 3.05) is 6.54 Å². The van der Waals surface area contributed by atoms with Crippen LogP contribution >= 0.6 is 0 Å². The second-order valence-electron chi connectivity index (χ2n) is 5.82. The second kappa shape index (κ2) is 7.08. The Morgan fingerprint density at radius 1 is 1.12 bits per heavy atom. The van der Waals surface area contributed by atoms with Gasteiger partial charge < -0.3 is 5.32 Å². The van der Waals surface area contributed by atoms with Gasteiger partial charge in [0.2, 0.25) is 0 Å². The van der Waals surface area contributed by atoms with E-state index in [0.717, 1.165) is 12.1 Å². The van der Waals surface area contributed by atoms with Crippen LogP contribution in [0.4, 0.5) is 0 Å². The van der Waals surface area contributed by atoms with Crippen molar-refractivity contribution in [3.05, 3.63) is 77.4 Å². The lowest BCUT2D eigenvalue weighted by molar-refractivity contribution is 0.0954. The molecular weight excluding hydrogens is 300 g/mol. The number of rotatable bonds is 5. The fourth-order valence-electron chi connectivity index (χ4n) is 2.65. The van der Waals surface area contributed by atoms with Gasteiger partial charge in [-0.3, -0.25) is 4.79 Å². The molecule has 0 aliphatic carbocycles. The van der Waals surface area contributed by atoms with E-state index < -0.39 is 0 Å². The summed E-state index contributed by atoms with van der Waals surface area (Å²) in [5, 5.41) is 7.03. The van der Waals surface area contributed by atoms with E-state index in [9.17, 15) is 4.79 Å². The monoisotopic (exact) mass is 320 g/mol. The Bertz CT molecular complexity index is 823. The minimum atomic E-state index is -0.0649. The highest BCUT2D eigenvalue weighted by molar-refractivity contribution is 5.94. The van der Waals surface area contributed by atoms with Gasteiger partial charge in [-0.15, -0.1) is 0 Å². The molecule has 0 fully saturated rings. The van der Waals surface area contributed by atoms with Gasteiger partial charge in [-0.05, 0) is 55.7 Å². The summed E-state index contributed by atoms with van der Waals surface area (Å²) < 4.78 is 1.65. The third-order valence-electron chi connectivity index (χ3n) is 3.99. The average Bonchev–Trinajstić information content (AvgIpc) is 3.11. The zero-order chi connectivity index (χ0) is 16.9. The minimum Gasteiger partial charge on any atom is -0.352 e. The number of nitrogens with zero attached hydrogens (tertiary/aromatic N) is 3. The molecule has 1 N–H and O–H groups in total. The van der Waals surface area contributed by atoms with Gasteiger partial charge in [-0.25, -0.2) is 9.67 Å². The fourth-order valence-corrected chi connectivity index (χ4v) is 2.65. The maximum absolute atomic E-state index is 12.2. The van der Waals surface area contributed by atoms with E-state index in [1.54, 1.807) is 23.1 Å². The Balaban J connectivity index is 1.57. The third-order valence-corrected chi connectivity index (χ3v) is 3.99. The van der Waals surface area contributed by atoms with E-state index in [4.69, 9.17) is 0 Å². The number of benzene rings is 2. The Labute approximate surface area is 141 Å². The van der Waals surface area contributed by atoms with Gasteiger partial charge in [0.05, 0.1) is 5.69 Å². The highest BCUT2D eigenvalue weighted by Crippen LogP contribution is 2.11. The quantitative estimate of drug-likeness (QED) is 0.786. The predicted octanol–water partition coefficient (Wildman–Crippen LogP) is 2.86. The number of amides is 1. The van der Waals surface area contributed by atoms with E-state index in [2.05, 4.69) is 47.4 Å². The molecule has 0 radical (unpaired) electrons. The van der Waals surface area contributed by atoms with E-state index in [1.165, 1.54) is 23.0 Å². The summed E-state index contributed by atoms with van der Waals surface area (Å²) in [5.74, 6) is -0.0649. The number of aromatic nitrogens is 3. The van der Waals surface area contributed by atoms with Crippen molar-refractivity contribution in [2.45, 2.75) is 20.3 Å². The third kappa shape index (κ3) is 3.68. The molecule has 5 heteroatoms. The minimum absolute atomic E-state index is 0.0649. The molecule has 0 spiro atoms. The number of hydrogen-bond donors (Lipinski definition) is 1. The molecule has 5 nitrogen and oxygen atoms in total. The molecule has 3 aromatic rings. The molecule has 1 amide bonds. The highest BCUT2D eigenvalue weighted by Gasteiger charge is 2.06. The number of carbonyl (C=O) groups excluding carboxylic acids is 1. The summed E-state index contributed by atoms with van der Waals surface area (Å²) in [6.07, 6.45) is 3.93. The van der Waals surface area contributed by atoms with Crippen molar-refractivity contribution in [3.8, 4) is 5.69 Å². The SMILES string of the molecule is Cc1ccc(CCNC(=O)c2ccc(-n3cncn3)cc2)c(C)c1. The van der Waals surface area contributed by atoms with Crippen LogP contribution in [-0.4, -0.2) is 27.2 Å². The van der Waals surface area contributed by atoms with Gasteiger partial charge >= 0.3 is 0 Å². The first kappa shape index (κ1) is 15.9. The Kier molecular flexibility index (Phi) is 4.70. The zero-order valence-corrected chi connectivity index (χ0v) is 13.9. The first-order valence-electron chi connectivity index (χ1n) is 7.93. The fraction of sp³-hybridized carbons (Fsp3) is 0.211. The van der Waals surface area contributed by atoms with Crippen LogP contribution in [0, 0.1) is 13.8 Å². The maximum atomic E-state index is 12.2. The van der Waals surface area contributed by atoms with E-state index in [-0.39, 0.29) is 5.91 Å². The van der Waals surface area contributed by atoms with Gasteiger partial charge in [-0.1, -0.05) is 23.8 Å². The topological polar surface area (TPSA) is 59.8 Å². The van der Waals surface area contributed by atoms with Crippen LogP contribution < -0.4 is 5.32 Å². The zero-order valence-electron chi connectivity index (χ0n) is 13.9. The molecule has 122 valence electrons. The molecule has 0 aliphatic rings. The number of carbonyl (C=O) groups is 1. The van der Waals surface area contributed by atoms with E-state index >= 15 is 0 Å². The first-order chi connectivity index (χ1) is 11.6. The van der Waals surface area contributed by atoms with Crippen LogP contribution in [0.15, 0.2) is 55.1 Å². The highest BCUT2D eigenvalue weighted by atomic mass is 16.1. The van der Waals surface area contributed by atoms with Crippen molar-refractivity contribution in [2.24, 2.45) is 0 Å². The molecule has 1 heterocycles. The average molecular weight is 320 g/mol. The first-order valence-corrected chi connectivity index (χ1v) is 7.93. The van der Waals surface area contributed by atoms with Crippen molar-refractivity contribution in [1.29, 1.82) is 0 Å². The van der Waals surface area contributed by atoms with Crippen LogP contribution in [0.25, 0.3) is 5.69 Å². The van der Waals surface area contributed by atoms with Gasteiger partial charge in [0.1, 0.15) is 12.7 Å². The molecule has 0 saturated heterocycles. The van der Waals surface area contributed by atoms with E-state index in [1.807, 2.05) is 12.1 Å². The summed E-state index contributed by atoms with van der Waals surface area (Å²) in [7, 11) is 0. The lowest BCUT2D eigenvalue weighted by Crippen LogP contribution is -2.25. The Morgan fingerprint density at radius 2 is 1.92 bits per heavy atom. The summed E-state index contributed by atoms with van der Waals surface area (Å²) in [6.45, 7) is 4.81. The van der Waals surface area contributed by atoms with Crippen molar-refractivity contribution in [1.82, 2.24) is 20.1 Å². The Hall–Kier alpha value is -2.95. The van der Waals surface area contributed by atoms with Gasteiger partial charge in [0, 0.05) is 12.1 Å². The second-order valence-corrected chi connectivity index (χ2v) is 5.82. The molecule has 0 bridgehead atoms. The van der Waals surface area contributed by atoms with Gasteiger partial charge in [-0.2, -0.15) is 5.10 Å². The van der Waals surface area contributed by atoms with Crippen LogP contribution in [0.2, 0.25) is 0 Å². The van der Waals surface area contributed by atoms with Gasteiger partial charge in [0.15, 0.2) is 0 Å². The lowest BCUT2D eigenvalue weighted by atomic mass is 10.0. The molecule has 0 aliphatic heterocycles. The summed E-state index contributed by atoms with van der Waals surface area (Å²) in [5.41, 5.74) is 5.30. The van der Waals surface area contributed by atoms with Crippen LogP contribution in [0.5, 0.6) is 0 Å². The molecular formula is C19H20N4O. The normalized spacial score (nSPS) is 10.6. The van der Waals surface area contributed by atoms with Crippen LogP contribution in [0.1, 0.15) is 27.0 Å². The molecule has 0 atom stereocenters. The van der Waals surface area contributed by atoms with Crippen molar-refractivity contribution in [3.63, 3.8) is 0 Å². The maximum Gasteiger partial charge on any atom is 0.251 e. The molecule has 0 unspecified atom stereocenters. The summed E-state index contributed by atoms with van der Waals surface area (Å²) in [6, 6.07) is 13.7. The van der Waals surface area contributed by atoms with Crippen LogP contribution in [0.3, 0.4) is 0 Å². The van der Waals surface area contributed by atoms with E-state index in [0.29, 0.717) is 12.1 Å². The molecule has 3 rings (SSSR count). The number of aryl methyl sites for hydroxylation is 2. The Morgan fingerprint density at radius 3 is 2.58 bits per heavy atom. The summed E-state index contributed by atoms with van der Waals surface area (Å²) >= 11 is 0. The standard InChI is InChI=1S/C19H20N4O/c1-14-3-4-16(15(2)11-14)9-10-21-19(24)17-5-7-18(8-6-17)23-13-20-12-22-23/h3-8,11-13H,9-10H2,1-2H3,(H,21,24). The molecule has 1 aromatic heterocycles. The van der Waals surface area contributed by atoms with Crippen molar-refractivity contribution >= 4 is 5.91 Å². The number of hydrogen-bond acceptors (Lipinski definition) is 3. The smallest absolute Gasteiger partial charge is 0.251 e. The number of nitrogens with one attached hydrogen (secondary N) is 1. The molecule has 24 heavy (non-hydrogen) atoms. The summed E-state index contributed by atoms with van der Waals surface area (Å²) in [4.78, 5) is 16.1. The van der Waals surface area contributed by atoms with Crippen LogP contribution in [-0.2, 0) is 6.42 Å². The predicted molar refractivity (Wildman–Crippen MR) is 93.3 cm³/mol. The van der Waals surface area contributed by atoms with Crippen molar-refractivity contribution < 1.29 is 4.79 Å².